The summed E-state index contributed by atoms with van der Waals surface area (Å²) in [6.45, 7) is -0.219. The summed E-state index contributed by atoms with van der Waals surface area (Å²) in [7, 11) is -11.0. The third kappa shape index (κ3) is 8.73. The van der Waals surface area contributed by atoms with Crippen molar-refractivity contribution in [2.75, 3.05) is 13.2 Å². The van der Waals surface area contributed by atoms with Crippen molar-refractivity contribution >= 4 is 21.1 Å². The highest BCUT2D eigenvalue weighted by atomic mass is 31.2. The van der Waals surface area contributed by atoms with Crippen molar-refractivity contribution < 1.29 is 48.5 Å². The molecule has 0 atom stereocenters. The molecular formula is C10H22N2O11P2. The monoisotopic (exact) mass is 408 g/mol. The number of carbonyl (C=O) groups is 1. The first-order chi connectivity index (χ1) is 11.3. The summed E-state index contributed by atoms with van der Waals surface area (Å²) in [5, 5.41) is 17.5. The molecule has 0 aliphatic carbocycles. The van der Waals surface area contributed by atoms with E-state index in [0.717, 1.165) is 0 Å². The van der Waals surface area contributed by atoms with Gasteiger partial charge in [-0.2, -0.15) is 0 Å². The van der Waals surface area contributed by atoms with Gasteiger partial charge in [0, 0.05) is 19.4 Å². The van der Waals surface area contributed by atoms with Gasteiger partial charge in [-0.15, -0.1) is 10.1 Å². The van der Waals surface area contributed by atoms with Crippen LogP contribution in [0.3, 0.4) is 0 Å². The molecule has 0 saturated carbocycles. The SMILES string of the molecule is O=C(CCCCCO[N+](=O)[O-])NCCCC(O)(P(=O)(O)O)P(=O)(O)O. The van der Waals surface area contributed by atoms with Crippen molar-refractivity contribution in [2.24, 2.45) is 0 Å². The van der Waals surface area contributed by atoms with Crippen LogP contribution in [0.15, 0.2) is 0 Å². The molecule has 0 heterocycles. The summed E-state index contributed by atoms with van der Waals surface area (Å²) < 4.78 is 22.2. The zero-order valence-corrected chi connectivity index (χ0v) is 15.0. The standard InChI is InChI=1S/C10H22N2O11P2/c13-9(5-2-1-3-8-23-12(15)16)11-7-4-6-10(14,24(17,18)19)25(20,21)22/h14H,1-8H2,(H,11,13)(H2,17,18,19)(H2,20,21,22). The molecular weight excluding hydrogens is 386 g/mol. The topological polar surface area (TPSA) is 217 Å². The second kappa shape index (κ2) is 10.2. The Labute approximate surface area is 142 Å². The molecule has 6 N–H and O–H groups in total. The highest BCUT2D eigenvalue weighted by molar-refractivity contribution is 7.72. The van der Waals surface area contributed by atoms with Crippen LogP contribution in [-0.2, 0) is 18.8 Å². The predicted molar refractivity (Wildman–Crippen MR) is 82.7 cm³/mol. The van der Waals surface area contributed by atoms with Crippen LogP contribution in [0, 0.1) is 10.1 Å². The van der Waals surface area contributed by atoms with Crippen LogP contribution in [-0.4, -0.2) is 53.9 Å². The molecule has 0 aromatic rings. The number of aliphatic hydroxyl groups is 1. The molecule has 0 aromatic carbocycles. The fourth-order valence-corrected chi connectivity index (χ4v) is 4.06. The Morgan fingerprint density at radius 2 is 1.64 bits per heavy atom. The van der Waals surface area contributed by atoms with Gasteiger partial charge in [0.05, 0.1) is 6.61 Å². The minimum Gasteiger partial charge on any atom is -0.368 e. The van der Waals surface area contributed by atoms with Gasteiger partial charge in [-0.25, -0.2) is 0 Å². The van der Waals surface area contributed by atoms with Gasteiger partial charge in [0.1, 0.15) is 0 Å². The predicted octanol–water partition coefficient (Wildman–Crippen LogP) is -0.347. The van der Waals surface area contributed by atoms with Crippen molar-refractivity contribution in [3.63, 3.8) is 0 Å². The summed E-state index contributed by atoms with van der Waals surface area (Å²) in [6, 6.07) is 0. The van der Waals surface area contributed by atoms with Crippen molar-refractivity contribution in [3.8, 4) is 0 Å². The van der Waals surface area contributed by atoms with Crippen molar-refractivity contribution in [1.82, 2.24) is 5.32 Å². The second-order valence-electron chi connectivity index (χ2n) is 5.18. The molecule has 13 nitrogen and oxygen atoms in total. The lowest BCUT2D eigenvalue weighted by molar-refractivity contribution is -0.757. The number of hydrogen-bond acceptors (Lipinski definition) is 7. The third-order valence-electron chi connectivity index (χ3n) is 3.19. The van der Waals surface area contributed by atoms with Crippen molar-refractivity contribution in [2.45, 2.75) is 43.6 Å². The number of amides is 1. The molecule has 0 spiro atoms. The molecule has 0 aliphatic heterocycles. The molecule has 0 saturated heterocycles. The van der Waals surface area contributed by atoms with E-state index in [4.69, 9.17) is 19.6 Å². The van der Waals surface area contributed by atoms with E-state index in [1.807, 2.05) is 0 Å². The lowest BCUT2D eigenvalue weighted by Crippen LogP contribution is -2.31. The van der Waals surface area contributed by atoms with E-state index in [9.17, 15) is 29.1 Å². The van der Waals surface area contributed by atoms with Gasteiger partial charge in [-0.3, -0.25) is 13.9 Å². The smallest absolute Gasteiger partial charge is 0.368 e. The molecule has 0 rings (SSSR count). The molecule has 0 bridgehead atoms. The molecule has 25 heavy (non-hydrogen) atoms. The average molecular weight is 408 g/mol. The summed E-state index contributed by atoms with van der Waals surface area (Å²) in [4.78, 5) is 61.2. The van der Waals surface area contributed by atoms with E-state index < -0.39 is 37.7 Å². The van der Waals surface area contributed by atoms with Crippen molar-refractivity contribution in [1.29, 1.82) is 0 Å². The molecule has 0 aromatic heterocycles. The highest BCUT2D eigenvalue weighted by Crippen LogP contribution is 2.69. The molecule has 0 radical (unpaired) electrons. The first kappa shape index (κ1) is 23.9. The number of unbranched alkanes of at least 4 members (excludes halogenated alkanes) is 2. The highest BCUT2D eigenvalue weighted by Gasteiger charge is 2.58. The van der Waals surface area contributed by atoms with Gasteiger partial charge in [0.15, 0.2) is 0 Å². The van der Waals surface area contributed by atoms with Crippen molar-refractivity contribution in [3.05, 3.63) is 10.1 Å². The first-order valence-electron chi connectivity index (χ1n) is 7.19. The fourth-order valence-electron chi connectivity index (χ4n) is 1.81. The maximum atomic E-state index is 11.5. The fraction of sp³-hybridized carbons (Fsp3) is 0.900. The quantitative estimate of drug-likeness (QED) is 0.100. The maximum absolute atomic E-state index is 11.5. The van der Waals surface area contributed by atoms with E-state index in [2.05, 4.69) is 10.2 Å². The van der Waals surface area contributed by atoms with Gasteiger partial charge in [0.25, 0.3) is 10.2 Å². The largest absolute Gasteiger partial charge is 0.369 e. The number of nitrogens with one attached hydrogen (secondary N) is 1. The Bertz CT molecular complexity index is 521. The Morgan fingerprint density at radius 3 is 2.12 bits per heavy atom. The minimum atomic E-state index is -5.49. The number of hydrogen-bond donors (Lipinski definition) is 6. The lowest BCUT2D eigenvalue weighted by Gasteiger charge is -2.29. The number of rotatable bonds is 13. The molecule has 0 fully saturated rings. The molecule has 1 amide bonds. The molecule has 148 valence electrons. The number of nitrogens with zero attached hydrogens (tertiary/aromatic N) is 1. The maximum Gasteiger partial charge on any atom is 0.369 e. The molecule has 15 heteroatoms. The van der Waals surface area contributed by atoms with Gasteiger partial charge in [0.2, 0.25) is 5.91 Å². The van der Waals surface area contributed by atoms with Crippen LogP contribution in [0.4, 0.5) is 0 Å². The Balaban J connectivity index is 4.07. The van der Waals surface area contributed by atoms with Gasteiger partial charge >= 0.3 is 15.2 Å². The van der Waals surface area contributed by atoms with Crippen LogP contribution in [0.2, 0.25) is 0 Å². The third-order valence-corrected chi connectivity index (χ3v) is 7.07. The summed E-state index contributed by atoms with van der Waals surface area (Å²) in [6.07, 6.45) is 0.264. The van der Waals surface area contributed by atoms with E-state index in [-0.39, 0.29) is 26.0 Å². The van der Waals surface area contributed by atoms with Crippen LogP contribution >= 0.6 is 15.2 Å². The van der Waals surface area contributed by atoms with Crippen LogP contribution < -0.4 is 5.32 Å². The van der Waals surface area contributed by atoms with Crippen LogP contribution in [0.1, 0.15) is 38.5 Å². The van der Waals surface area contributed by atoms with Crippen LogP contribution in [0.5, 0.6) is 0 Å². The zero-order valence-electron chi connectivity index (χ0n) is 13.2. The van der Waals surface area contributed by atoms with Gasteiger partial charge in [-0.1, -0.05) is 6.42 Å². The lowest BCUT2D eigenvalue weighted by atomic mass is 10.2. The Morgan fingerprint density at radius 1 is 1.08 bits per heavy atom. The van der Waals surface area contributed by atoms with Gasteiger partial charge < -0.3 is 34.8 Å². The Kier molecular flexibility index (Phi) is 9.73. The van der Waals surface area contributed by atoms with E-state index >= 15 is 0 Å². The van der Waals surface area contributed by atoms with E-state index in [1.165, 1.54) is 0 Å². The van der Waals surface area contributed by atoms with E-state index in [1.54, 1.807) is 0 Å². The summed E-state index contributed by atoms with van der Waals surface area (Å²) in [5.41, 5.74) is 0. The minimum absolute atomic E-state index is 0.0715. The first-order valence-corrected chi connectivity index (χ1v) is 10.4. The van der Waals surface area contributed by atoms with Crippen LogP contribution in [0.25, 0.3) is 0 Å². The Hall–Kier alpha value is -1.07. The normalized spacial score (nSPS) is 12.7. The molecule has 0 aliphatic rings. The van der Waals surface area contributed by atoms with E-state index in [0.29, 0.717) is 19.3 Å². The summed E-state index contributed by atoms with van der Waals surface area (Å²) >= 11 is 0. The molecule has 0 unspecified atom stereocenters. The number of carbonyl (C=O) groups excluding carboxylic acids is 1. The second-order valence-corrected chi connectivity index (χ2v) is 9.19. The van der Waals surface area contributed by atoms with Gasteiger partial charge in [-0.05, 0) is 19.3 Å². The average Bonchev–Trinajstić information content (AvgIpc) is 2.44. The summed E-state index contributed by atoms with van der Waals surface area (Å²) in [5.74, 6) is -0.411. The zero-order chi connectivity index (χ0) is 19.7.